The van der Waals surface area contributed by atoms with Gasteiger partial charge in [-0.05, 0) is 24.3 Å². The van der Waals surface area contributed by atoms with Crippen LogP contribution < -0.4 is 4.74 Å². The molecule has 2 aromatic carbocycles. The average molecular weight is 308 g/mol. The molecule has 0 aliphatic rings. The van der Waals surface area contributed by atoms with E-state index in [0.717, 1.165) is 0 Å². The van der Waals surface area contributed by atoms with Gasteiger partial charge < -0.3 is 9.84 Å². The standard InChI is InChI=1S/C14H10ClNO5/c1-21-12-6-5-8(15)7-10(12)13-9(14(17)18)3-2-4-11(13)16(19)20/h2-7H,1H3,(H,17,18). The first kappa shape index (κ1) is 14.8. The van der Waals surface area contributed by atoms with Crippen LogP contribution in [0.25, 0.3) is 11.1 Å². The zero-order valence-corrected chi connectivity index (χ0v) is 11.6. The number of aromatic carboxylic acids is 1. The number of methoxy groups -OCH3 is 1. The van der Waals surface area contributed by atoms with Crippen LogP contribution in [0.2, 0.25) is 5.02 Å². The van der Waals surface area contributed by atoms with E-state index in [9.17, 15) is 20.0 Å². The Morgan fingerprint density at radius 2 is 2.05 bits per heavy atom. The second-order valence-corrected chi connectivity index (χ2v) is 4.54. The van der Waals surface area contributed by atoms with Crippen molar-refractivity contribution in [1.82, 2.24) is 0 Å². The molecule has 0 unspecified atom stereocenters. The summed E-state index contributed by atoms with van der Waals surface area (Å²) in [4.78, 5) is 21.9. The predicted molar refractivity (Wildman–Crippen MR) is 77.1 cm³/mol. The molecule has 1 N–H and O–H groups in total. The molecule has 108 valence electrons. The fourth-order valence-electron chi connectivity index (χ4n) is 2.03. The highest BCUT2D eigenvalue weighted by Gasteiger charge is 2.25. The Bertz CT molecular complexity index is 697. The zero-order chi connectivity index (χ0) is 15.6. The van der Waals surface area contributed by atoms with Gasteiger partial charge in [0.15, 0.2) is 0 Å². The van der Waals surface area contributed by atoms with E-state index in [-0.39, 0.29) is 22.4 Å². The molecule has 0 aliphatic carbocycles. The smallest absolute Gasteiger partial charge is 0.336 e. The first-order valence-electron chi connectivity index (χ1n) is 5.80. The van der Waals surface area contributed by atoms with E-state index in [1.807, 2.05) is 0 Å². The van der Waals surface area contributed by atoms with Gasteiger partial charge in [-0.1, -0.05) is 17.7 Å². The van der Waals surface area contributed by atoms with Crippen LogP contribution in [-0.4, -0.2) is 23.1 Å². The molecule has 7 heteroatoms. The maximum atomic E-state index is 11.4. The molecular formula is C14H10ClNO5. The van der Waals surface area contributed by atoms with Crippen molar-refractivity contribution in [2.24, 2.45) is 0 Å². The fraction of sp³-hybridized carbons (Fsp3) is 0.0714. The predicted octanol–water partition coefficient (Wildman–Crippen LogP) is 3.62. The molecular weight excluding hydrogens is 298 g/mol. The van der Waals surface area contributed by atoms with E-state index in [0.29, 0.717) is 10.8 Å². The minimum atomic E-state index is -1.27. The minimum Gasteiger partial charge on any atom is -0.496 e. The molecule has 2 aromatic rings. The van der Waals surface area contributed by atoms with Crippen molar-refractivity contribution < 1.29 is 19.6 Å². The molecule has 0 aliphatic heterocycles. The number of ether oxygens (including phenoxy) is 1. The summed E-state index contributed by atoms with van der Waals surface area (Å²) in [5.74, 6) is -0.966. The lowest BCUT2D eigenvalue weighted by molar-refractivity contribution is -0.384. The zero-order valence-electron chi connectivity index (χ0n) is 10.9. The van der Waals surface area contributed by atoms with E-state index in [4.69, 9.17) is 16.3 Å². The van der Waals surface area contributed by atoms with Gasteiger partial charge in [0.05, 0.1) is 23.2 Å². The van der Waals surface area contributed by atoms with Crippen molar-refractivity contribution in [1.29, 1.82) is 0 Å². The van der Waals surface area contributed by atoms with Crippen molar-refractivity contribution in [3.63, 3.8) is 0 Å². The summed E-state index contributed by atoms with van der Waals surface area (Å²) >= 11 is 5.91. The largest absolute Gasteiger partial charge is 0.496 e. The SMILES string of the molecule is COc1ccc(Cl)cc1-c1c(C(=O)O)cccc1[N+](=O)[O-]. The molecule has 0 amide bonds. The van der Waals surface area contributed by atoms with Crippen molar-refractivity contribution in [3.8, 4) is 16.9 Å². The molecule has 0 aromatic heterocycles. The van der Waals surface area contributed by atoms with E-state index >= 15 is 0 Å². The Morgan fingerprint density at radius 1 is 1.33 bits per heavy atom. The normalized spacial score (nSPS) is 10.2. The van der Waals surface area contributed by atoms with Crippen LogP contribution in [0.4, 0.5) is 5.69 Å². The first-order valence-corrected chi connectivity index (χ1v) is 6.18. The molecule has 0 saturated carbocycles. The second-order valence-electron chi connectivity index (χ2n) is 4.11. The van der Waals surface area contributed by atoms with Gasteiger partial charge in [-0.3, -0.25) is 10.1 Å². The number of hydrogen-bond donors (Lipinski definition) is 1. The highest BCUT2D eigenvalue weighted by molar-refractivity contribution is 6.31. The average Bonchev–Trinajstić information content (AvgIpc) is 2.46. The van der Waals surface area contributed by atoms with Crippen LogP contribution in [0.15, 0.2) is 36.4 Å². The number of carboxylic acid groups (broad SMARTS) is 1. The van der Waals surface area contributed by atoms with Crippen LogP contribution in [0, 0.1) is 10.1 Å². The molecule has 0 fully saturated rings. The number of hydrogen-bond acceptors (Lipinski definition) is 4. The summed E-state index contributed by atoms with van der Waals surface area (Å²) < 4.78 is 5.15. The number of rotatable bonds is 4. The summed E-state index contributed by atoms with van der Waals surface area (Å²) in [6.07, 6.45) is 0. The van der Waals surface area contributed by atoms with Crippen LogP contribution in [-0.2, 0) is 0 Å². The van der Waals surface area contributed by atoms with E-state index in [1.165, 1.54) is 37.4 Å². The highest BCUT2D eigenvalue weighted by Crippen LogP contribution is 2.40. The van der Waals surface area contributed by atoms with Crippen LogP contribution in [0.3, 0.4) is 0 Å². The summed E-state index contributed by atoms with van der Waals surface area (Å²) in [6, 6.07) is 8.38. The van der Waals surface area contributed by atoms with Gasteiger partial charge in [0.1, 0.15) is 5.75 Å². The third kappa shape index (κ3) is 2.80. The topological polar surface area (TPSA) is 89.7 Å². The van der Waals surface area contributed by atoms with Crippen molar-refractivity contribution in [2.45, 2.75) is 0 Å². The molecule has 0 heterocycles. The lowest BCUT2D eigenvalue weighted by Crippen LogP contribution is -2.03. The number of carboxylic acids is 1. The maximum absolute atomic E-state index is 11.4. The minimum absolute atomic E-state index is 0.0330. The number of halogens is 1. The van der Waals surface area contributed by atoms with Gasteiger partial charge in [-0.15, -0.1) is 0 Å². The molecule has 0 spiro atoms. The van der Waals surface area contributed by atoms with E-state index < -0.39 is 10.9 Å². The lowest BCUT2D eigenvalue weighted by Gasteiger charge is -2.12. The summed E-state index contributed by atoms with van der Waals surface area (Å²) in [7, 11) is 1.39. The molecule has 21 heavy (non-hydrogen) atoms. The van der Waals surface area contributed by atoms with Gasteiger partial charge in [-0.25, -0.2) is 4.79 Å². The van der Waals surface area contributed by atoms with Crippen LogP contribution in [0.5, 0.6) is 5.75 Å². The Labute approximate surface area is 124 Å². The Balaban J connectivity index is 2.87. The second kappa shape index (κ2) is 5.80. The van der Waals surface area contributed by atoms with Crippen molar-refractivity contribution >= 4 is 23.3 Å². The first-order chi connectivity index (χ1) is 9.95. The fourth-order valence-corrected chi connectivity index (χ4v) is 2.20. The Morgan fingerprint density at radius 3 is 2.62 bits per heavy atom. The van der Waals surface area contributed by atoms with Gasteiger partial charge in [0.25, 0.3) is 5.69 Å². The molecule has 0 saturated heterocycles. The summed E-state index contributed by atoms with van der Waals surface area (Å²) in [6.45, 7) is 0. The molecule has 6 nitrogen and oxygen atoms in total. The molecule has 0 radical (unpaired) electrons. The Kier molecular flexibility index (Phi) is 4.09. The molecule has 2 rings (SSSR count). The summed E-state index contributed by atoms with van der Waals surface area (Å²) in [5, 5.41) is 20.8. The Hall–Kier alpha value is -2.60. The van der Waals surface area contributed by atoms with Gasteiger partial charge in [0, 0.05) is 16.7 Å². The number of benzene rings is 2. The number of nitro benzene ring substituents is 1. The van der Waals surface area contributed by atoms with Crippen LogP contribution >= 0.6 is 11.6 Å². The monoisotopic (exact) mass is 307 g/mol. The third-order valence-corrected chi connectivity index (χ3v) is 3.14. The lowest BCUT2D eigenvalue weighted by atomic mass is 9.97. The van der Waals surface area contributed by atoms with Gasteiger partial charge in [-0.2, -0.15) is 0 Å². The molecule has 0 atom stereocenters. The van der Waals surface area contributed by atoms with E-state index in [2.05, 4.69) is 0 Å². The molecule has 0 bridgehead atoms. The van der Waals surface area contributed by atoms with Gasteiger partial charge >= 0.3 is 5.97 Å². The van der Waals surface area contributed by atoms with Crippen molar-refractivity contribution in [2.75, 3.05) is 7.11 Å². The van der Waals surface area contributed by atoms with E-state index in [1.54, 1.807) is 6.07 Å². The number of nitrogens with zero attached hydrogens (tertiary/aromatic N) is 1. The highest BCUT2D eigenvalue weighted by atomic mass is 35.5. The van der Waals surface area contributed by atoms with Crippen LogP contribution in [0.1, 0.15) is 10.4 Å². The number of nitro groups is 1. The summed E-state index contributed by atoms with van der Waals surface area (Å²) in [5.41, 5.74) is -0.288. The quantitative estimate of drug-likeness (QED) is 0.688. The third-order valence-electron chi connectivity index (χ3n) is 2.90. The maximum Gasteiger partial charge on any atom is 0.336 e. The van der Waals surface area contributed by atoms with Gasteiger partial charge in [0.2, 0.25) is 0 Å². The number of carbonyl (C=O) groups is 1. The van der Waals surface area contributed by atoms with Crippen molar-refractivity contribution in [3.05, 3.63) is 57.1 Å².